The molecule has 74 valence electrons. The van der Waals surface area contributed by atoms with Crippen LogP contribution in [0, 0.1) is 6.92 Å². The summed E-state index contributed by atoms with van der Waals surface area (Å²) in [5, 5.41) is 4.76. The van der Waals surface area contributed by atoms with Crippen LogP contribution in [-0.4, -0.2) is 28.4 Å². The zero-order valence-corrected chi connectivity index (χ0v) is 8.04. The van der Waals surface area contributed by atoms with Gasteiger partial charge in [-0.1, -0.05) is 0 Å². The number of hydrogen-bond acceptors (Lipinski definition) is 5. The van der Waals surface area contributed by atoms with Crippen LogP contribution < -0.4 is 5.14 Å². The van der Waals surface area contributed by atoms with Gasteiger partial charge in [-0.15, -0.1) is 0 Å². The molecule has 0 spiro atoms. The Morgan fingerprint density at radius 1 is 1.43 bits per heavy atom. The summed E-state index contributed by atoms with van der Waals surface area (Å²) in [6.45, 7) is 1.57. The van der Waals surface area contributed by atoms with Crippen LogP contribution in [0.1, 0.15) is 5.82 Å². The summed E-state index contributed by atoms with van der Waals surface area (Å²) in [6.07, 6.45) is 1.34. The number of nitrogens with zero attached hydrogens (tertiary/aromatic N) is 3. The number of aryl methyl sites for hydroxylation is 1. The molecule has 0 bridgehead atoms. The van der Waals surface area contributed by atoms with Crippen LogP contribution in [0.3, 0.4) is 0 Å². The second-order valence-corrected chi connectivity index (χ2v) is 4.20. The summed E-state index contributed by atoms with van der Waals surface area (Å²) in [5.74, 6) is 0.314. The Kier molecular flexibility index (Phi) is 1.76. The van der Waals surface area contributed by atoms with Crippen molar-refractivity contribution in [1.29, 1.82) is 0 Å². The summed E-state index contributed by atoms with van der Waals surface area (Å²) in [7, 11) is -3.84. The highest BCUT2D eigenvalue weighted by atomic mass is 32.2. The van der Waals surface area contributed by atoms with E-state index in [9.17, 15) is 8.42 Å². The second-order valence-electron chi connectivity index (χ2n) is 2.72. The molecule has 0 saturated heterocycles. The number of rotatable bonds is 1. The lowest BCUT2D eigenvalue weighted by molar-refractivity contribution is 0.594. The van der Waals surface area contributed by atoms with Gasteiger partial charge in [0.2, 0.25) is 0 Å². The van der Waals surface area contributed by atoms with E-state index in [0.29, 0.717) is 11.5 Å². The number of aromatic amines is 1. The number of nitrogens with one attached hydrogen (secondary N) is 1. The maximum Gasteiger partial charge on any atom is 0.257 e. The van der Waals surface area contributed by atoms with Gasteiger partial charge in [0.1, 0.15) is 11.3 Å². The SMILES string of the molecule is Cc1nc(S(N)(=O)=O)c2[nH]cnc2n1. The molecular formula is C6H7N5O2S. The zero-order valence-electron chi connectivity index (χ0n) is 7.22. The molecule has 7 nitrogen and oxygen atoms in total. The average Bonchev–Trinajstić information content (AvgIpc) is 2.47. The van der Waals surface area contributed by atoms with Crippen molar-refractivity contribution >= 4 is 21.2 Å². The number of fused-ring (bicyclic) bond motifs is 1. The molecule has 8 heteroatoms. The third kappa shape index (κ3) is 1.34. The first-order chi connectivity index (χ1) is 6.48. The lowest BCUT2D eigenvalue weighted by atomic mass is 10.5. The van der Waals surface area contributed by atoms with Crippen LogP contribution >= 0.6 is 0 Å². The standard InChI is InChI=1S/C6H7N5O2S/c1-3-10-5-4(8-2-9-5)6(11-3)14(7,12)13/h2H,1H3,(H2,7,12,13)(H,8,9,10,11). The highest BCUT2D eigenvalue weighted by molar-refractivity contribution is 7.89. The molecule has 0 radical (unpaired) electrons. The van der Waals surface area contributed by atoms with E-state index >= 15 is 0 Å². The van der Waals surface area contributed by atoms with Gasteiger partial charge in [-0.05, 0) is 6.92 Å². The molecule has 0 aliphatic rings. The largest absolute Gasteiger partial charge is 0.341 e. The predicted octanol–water partition coefficient (Wildman–Crippen LogP) is -0.691. The number of hydrogen-bond donors (Lipinski definition) is 2. The molecule has 0 unspecified atom stereocenters. The fourth-order valence-electron chi connectivity index (χ4n) is 1.12. The Labute approximate surface area is 79.4 Å². The fourth-order valence-corrected chi connectivity index (χ4v) is 1.81. The van der Waals surface area contributed by atoms with Crippen LogP contribution in [0.15, 0.2) is 11.4 Å². The quantitative estimate of drug-likeness (QED) is 0.608. The number of aromatic nitrogens is 4. The maximum atomic E-state index is 11.1. The molecule has 0 aromatic carbocycles. The molecule has 2 rings (SSSR count). The molecule has 14 heavy (non-hydrogen) atoms. The first kappa shape index (κ1) is 9.03. The van der Waals surface area contributed by atoms with Crippen molar-refractivity contribution in [2.45, 2.75) is 11.9 Å². The first-order valence-electron chi connectivity index (χ1n) is 3.69. The van der Waals surface area contributed by atoms with Crippen molar-refractivity contribution in [3.63, 3.8) is 0 Å². The zero-order chi connectivity index (χ0) is 10.3. The van der Waals surface area contributed by atoms with Crippen LogP contribution in [0.4, 0.5) is 0 Å². The normalized spacial score (nSPS) is 12.1. The molecule has 0 saturated carbocycles. The summed E-state index contributed by atoms with van der Waals surface area (Å²) in [5.41, 5.74) is 0.527. The van der Waals surface area contributed by atoms with E-state index in [4.69, 9.17) is 5.14 Å². The van der Waals surface area contributed by atoms with Crippen LogP contribution in [0.5, 0.6) is 0 Å². The molecule has 2 heterocycles. The summed E-state index contributed by atoms with van der Waals surface area (Å²) in [4.78, 5) is 14.1. The van der Waals surface area contributed by atoms with E-state index in [0.717, 1.165) is 0 Å². The average molecular weight is 213 g/mol. The Morgan fingerprint density at radius 3 is 2.79 bits per heavy atom. The van der Waals surface area contributed by atoms with Crippen molar-refractivity contribution in [3.8, 4) is 0 Å². The van der Waals surface area contributed by atoms with Gasteiger partial charge in [0.25, 0.3) is 10.0 Å². The van der Waals surface area contributed by atoms with Crippen LogP contribution in [0.25, 0.3) is 11.2 Å². The smallest absolute Gasteiger partial charge is 0.257 e. The van der Waals surface area contributed by atoms with E-state index in [1.165, 1.54) is 6.33 Å². The minimum absolute atomic E-state index is 0.225. The number of H-pyrrole nitrogens is 1. The van der Waals surface area contributed by atoms with Gasteiger partial charge < -0.3 is 4.98 Å². The number of sulfonamides is 1. The van der Waals surface area contributed by atoms with Crippen molar-refractivity contribution in [2.24, 2.45) is 5.14 Å². The Hall–Kier alpha value is -1.54. The monoisotopic (exact) mass is 213 g/mol. The fraction of sp³-hybridized carbons (Fsp3) is 0.167. The molecule has 0 fully saturated rings. The topological polar surface area (TPSA) is 115 Å². The van der Waals surface area contributed by atoms with Gasteiger partial charge in [0.05, 0.1) is 6.33 Å². The van der Waals surface area contributed by atoms with E-state index in [-0.39, 0.29) is 10.5 Å². The molecule has 0 aliphatic carbocycles. The predicted molar refractivity (Wildman–Crippen MR) is 47.8 cm³/mol. The lowest BCUT2D eigenvalue weighted by Crippen LogP contribution is -2.15. The van der Waals surface area contributed by atoms with Gasteiger partial charge in [-0.2, -0.15) is 0 Å². The van der Waals surface area contributed by atoms with Crippen molar-refractivity contribution in [2.75, 3.05) is 0 Å². The van der Waals surface area contributed by atoms with Gasteiger partial charge in [0, 0.05) is 0 Å². The third-order valence-corrected chi connectivity index (χ3v) is 2.47. The van der Waals surface area contributed by atoms with Crippen LogP contribution in [0.2, 0.25) is 0 Å². The highest BCUT2D eigenvalue weighted by Gasteiger charge is 2.17. The van der Waals surface area contributed by atoms with Gasteiger partial charge in [0.15, 0.2) is 10.7 Å². The van der Waals surface area contributed by atoms with Gasteiger partial charge >= 0.3 is 0 Å². The summed E-state index contributed by atoms with van der Waals surface area (Å²) in [6, 6.07) is 0. The first-order valence-corrected chi connectivity index (χ1v) is 5.23. The number of imidazole rings is 1. The van der Waals surface area contributed by atoms with Gasteiger partial charge in [-0.3, -0.25) is 0 Å². The second kappa shape index (κ2) is 2.72. The molecule has 0 aliphatic heterocycles. The molecule has 2 aromatic rings. The minimum Gasteiger partial charge on any atom is -0.341 e. The van der Waals surface area contributed by atoms with Crippen molar-refractivity contribution < 1.29 is 8.42 Å². The Morgan fingerprint density at radius 2 is 2.14 bits per heavy atom. The van der Waals surface area contributed by atoms with E-state index in [1.54, 1.807) is 6.92 Å². The molecule has 3 N–H and O–H groups in total. The Bertz CT molecular complexity index is 587. The Balaban J connectivity index is 2.94. The van der Waals surface area contributed by atoms with Gasteiger partial charge in [-0.25, -0.2) is 28.5 Å². The number of primary sulfonamides is 1. The molecule has 2 aromatic heterocycles. The molecule has 0 atom stereocenters. The minimum atomic E-state index is -3.84. The summed E-state index contributed by atoms with van der Waals surface area (Å²) >= 11 is 0. The molecule has 0 amide bonds. The highest BCUT2D eigenvalue weighted by Crippen LogP contribution is 2.14. The van der Waals surface area contributed by atoms with E-state index < -0.39 is 10.0 Å². The number of nitrogens with two attached hydrogens (primary N) is 1. The van der Waals surface area contributed by atoms with Crippen LogP contribution in [-0.2, 0) is 10.0 Å². The maximum absolute atomic E-state index is 11.1. The lowest BCUT2D eigenvalue weighted by Gasteiger charge is -1.99. The van der Waals surface area contributed by atoms with Crippen molar-refractivity contribution in [1.82, 2.24) is 19.9 Å². The third-order valence-electron chi connectivity index (χ3n) is 1.63. The van der Waals surface area contributed by atoms with E-state index in [2.05, 4.69) is 19.9 Å². The molecular weight excluding hydrogens is 206 g/mol. The van der Waals surface area contributed by atoms with Crippen molar-refractivity contribution in [3.05, 3.63) is 12.2 Å². The summed E-state index contributed by atoms with van der Waals surface area (Å²) < 4.78 is 22.3. The van der Waals surface area contributed by atoms with E-state index in [1.807, 2.05) is 0 Å².